The van der Waals surface area contributed by atoms with Crippen LogP contribution in [0.25, 0.3) is 0 Å². The molecule has 2 fully saturated rings. The quantitative estimate of drug-likeness (QED) is 0.813. The molecule has 0 aliphatic heterocycles. The van der Waals surface area contributed by atoms with Crippen molar-refractivity contribution in [3.63, 3.8) is 0 Å². The van der Waals surface area contributed by atoms with E-state index < -0.39 is 10.0 Å². The summed E-state index contributed by atoms with van der Waals surface area (Å²) in [5.74, 6) is 0. The van der Waals surface area contributed by atoms with Crippen molar-refractivity contribution in [3.05, 3.63) is 17.0 Å². The number of thiophene rings is 1. The van der Waals surface area contributed by atoms with Gasteiger partial charge in [0.05, 0.1) is 0 Å². The molecule has 0 aromatic carbocycles. The molecule has 2 saturated carbocycles. The molecule has 0 spiro atoms. The van der Waals surface area contributed by atoms with Gasteiger partial charge in [-0.1, -0.05) is 6.92 Å². The Morgan fingerprint density at radius 3 is 2.65 bits per heavy atom. The third-order valence-corrected chi connectivity index (χ3v) is 7.54. The predicted octanol–water partition coefficient (Wildman–Crippen LogP) is 2.61. The molecular formula is C14H22N2O2S2. The summed E-state index contributed by atoms with van der Waals surface area (Å²) in [6, 6.07) is 4.31. The Morgan fingerprint density at radius 1 is 1.35 bits per heavy atom. The van der Waals surface area contributed by atoms with Crippen molar-refractivity contribution in [2.75, 3.05) is 0 Å². The van der Waals surface area contributed by atoms with E-state index in [4.69, 9.17) is 0 Å². The summed E-state index contributed by atoms with van der Waals surface area (Å²) in [7, 11) is -3.35. The molecule has 112 valence electrons. The van der Waals surface area contributed by atoms with E-state index in [0.29, 0.717) is 10.3 Å². The minimum absolute atomic E-state index is 0.185. The van der Waals surface area contributed by atoms with Crippen LogP contribution in [0.15, 0.2) is 16.3 Å². The van der Waals surface area contributed by atoms with Crippen molar-refractivity contribution in [1.82, 2.24) is 10.0 Å². The van der Waals surface area contributed by atoms with Crippen molar-refractivity contribution in [1.29, 1.82) is 0 Å². The molecule has 4 nitrogen and oxygen atoms in total. The molecule has 0 radical (unpaired) electrons. The Hall–Kier alpha value is -0.430. The van der Waals surface area contributed by atoms with Gasteiger partial charge in [-0.15, -0.1) is 11.3 Å². The third kappa shape index (κ3) is 3.08. The highest BCUT2D eigenvalue weighted by Gasteiger charge is 2.39. The SMILES string of the molecule is CCC1(NS(=O)(=O)c2ccc(CNC3CC3)s2)CCC1. The predicted molar refractivity (Wildman–Crippen MR) is 81.4 cm³/mol. The molecular weight excluding hydrogens is 292 g/mol. The molecule has 0 atom stereocenters. The molecule has 0 amide bonds. The number of nitrogens with one attached hydrogen (secondary N) is 2. The largest absolute Gasteiger partial charge is 0.309 e. The van der Waals surface area contributed by atoms with Gasteiger partial charge in [-0.05, 0) is 50.7 Å². The van der Waals surface area contributed by atoms with Gasteiger partial charge in [0.2, 0.25) is 0 Å². The van der Waals surface area contributed by atoms with E-state index in [-0.39, 0.29) is 5.54 Å². The van der Waals surface area contributed by atoms with Crippen LogP contribution < -0.4 is 10.0 Å². The lowest BCUT2D eigenvalue weighted by molar-refractivity contribution is 0.214. The van der Waals surface area contributed by atoms with Crippen LogP contribution in [0.4, 0.5) is 0 Å². The van der Waals surface area contributed by atoms with Crippen molar-refractivity contribution >= 4 is 21.4 Å². The maximum Gasteiger partial charge on any atom is 0.250 e. The van der Waals surface area contributed by atoms with E-state index in [1.807, 2.05) is 6.07 Å². The normalized spacial score (nSPS) is 21.6. The second-order valence-corrected chi connectivity index (χ2v) is 9.05. The molecule has 1 aromatic rings. The minimum atomic E-state index is -3.35. The first-order chi connectivity index (χ1) is 9.53. The minimum Gasteiger partial charge on any atom is -0.309 e. The standard InChI is InChI=1S/C14H22N2O2S2/c1-2-14(8-3-9-14)16-20(17,18)13-7-6-12(19-13)10-15-11-4-5-11/h6-7,11,15-16H,2-5,8-10H2,1H3. The monoisotopic (exact) mass is 314 g/mol. The highest BCUT2D eigenvalue weighted by atomic mass is 32.2. The van der Waals surface area contributed by atoms with Crippen LogP contribution >= 0.6 is 11.3 Å². The van der Waals surface area contributed by atoms with E-state index in [2.05, 4.69) is 17.0 Å². The average molecular weight is 314 g/mol. The topological polar surface area (TPSA) is 58.2 Å². The molecule has 2 aliphatic carbocycles. The zero-order chi connectivity index (χ0) is 14.2. The third-order valence-electron chi connectivity index (χ3n) is 4.38. The van der Waals surface area contributed by atoms with E-state index in [1.165, 1.54) is 24.2 Å². The number of rotatable bonds is 7. The summed E-state index contributed by atoms with van der Waals surface area (Å²) in [6.07, 6.45) is 6.41. The molecule has 6 heteroatoms. The first-order valence-electron chi connectivity index (χ1n) is 7.39. The first-order valence-corrected chi connectivity index (χ1v) is 9.69. The van der Waals surface area contributed by atoms with Gasteiger partial charge < -0.3 is 5.32 Å². The van der Waals surface area contributed by atoms with Gasteiger partial charge in [-0.25, -0.2) is 13.1 Å². The molecule has 20 heavy (non-hydrogen) atoms. The Balaban J connectivity index is 1.67. The Kier molecular flexibility index (Phi) is 3.92. The van der Waals surface area contributed by atoms with E-state index >= 15 is 0 Å². The summed E-state index contributed by atoms with van der Waals surface area (Å²) in [5.41, 5.74) is -0.185. The van der Waals surface area contributed by atoms with Crippen LogP contribution in [-0.2, 0) is 16.6 Å². The highest BCUT2D eigenvalue weighted by molar-refractivity contribution is 7.91. The van der Waals surface area contributed by atoms with Gasteiger partial charge in [0.15, 0.2) is 0 Å². The van der Waals surface area contributed by atoms with E-state index in [9.17, 15) is 8.42 Å². The summed E-state index contributed by atoms with van der Waals surface area (Å²) in [6.45, 7) is 2.84. The molecule has 0 saturated heterocycles. The lowest BCUT2D eigenvalue weighted by atomic mass is 9.76. The fraction of sp³-hybridized carbons (Fsp3) is 0.714. The molecule has 2 N–H and O–H groups in total. The maximum atomic E-state index is 12.4. The van der Waals surface area contributed by atoms with Gasteiger partial charge >= 0.3 is 0 Å². The van der Waals surface area contributed by atoms with Crippen LogP contribution in [0.2, 0.25) is 0 Å². The maximum absolute atomic E-state index is 12.4. The molecule has 3 rings (SSSR count). The van der Waals surface area contributed by atoms with Crippen LogP contribution in [-0.4, -0.2) is 20.0 Å². The summed E-state index contributed by atoms with van der Waals surface area (Å²) in [4.78, 5) is 1.09. The number of hydrogen-bond acceptors (Lipinski definition) is 4. The average Bonchev–Trinajstić information content (AvgIpc) is 3.07. The van der Waals surface area contributed by atoms with Gasteiger partial charge in [0, 0.05) is 23.0 Å². The smallest absolute Gasteiger partial charge is 0.250 e. The summed E-state index contributed by atoms with van der Waals surface area (Å²) in [5, 5.41) is 3.41. The molecule has 0 unspecified atom stereocenters. The van der Waals surface area contributed by atoms with Crippen LogP contribution in [0.3, 0.4) is 0 Å². The number of hydrogen-bond donors (Lipinski definition) is 2. The zero-order valence-electron chi connectivity index (χ0n) is 11.8. The zero-order valence-corrected chi connectivity index (χ0v) is 13.4. The second kappa shape index (κ2) is 5.40. The fourth-order valence-electron chi connectivity index (χ4n) is 2.60. The van der Waals surface area contributed by atoms with Gasteiger partial charge in [0.1, 0.15) is 4.21 Å². The van der Waals surface area contributed by atoms with Crippen LogP contribution in [0, 0.1) is 0 Å². The van der Waals surface area contributed by atoms with Crippen molar-refractivity contribution in [2.24, 2.45) is 0 Å². The lowest BCUT2D eigenvalue weighted by Gasteiger charge is -2.41. The van der Waals surface area contributed by atoms with E-state index in [0.717, 1.165) is 37.1 Å². The summed E-state index contributed by atoms with van der Waals surface area (Å²) < 4.78 is 28.3. The van der Waals surface area contributed by atoms with Gasteiger partial charge in [-0.2, -0.15) is 0 Å². The lowest BCUT2D eigenvalue weighted by Crippen LogP contribution is -2.52. The van der Waals surface area contributed by atoms with Crippen molar-refractivity contribution < 1.29 is 8.42 Å². The van der Waals surface area contributed by atoms with Crippen molar-refractivity contribution in [3.8, 4) is 0 Å². The van der Waals surface area contributed by atoms with Crippen molar-refractivity contribution in [2.45, 2.75) is 67.8 Å². The molecule has 1 heterocycles. The first kappa shape index (κ1) is 14.5. The van der Waals surface area contributed by atoms with Crippen LogP contribution in [0.5, 0.6) is 0 Å². The van der Waals surface area contributed by atoms with E-state index in [1.54, 1.807) is 6.07 Å². The Labute approximate surface area is 125 Å². The molecule has 1 aromatic heterocycles. The Bertz CT molecular complexity index is 566. The number of sulfonamides is 1. The fourth-order valence-corrected chi connectivity index (χ4v) is 5.43. The Morgan fingerprint density at radius 2 is 2.10 bits per heavy atom. The second-order valence-electron chi connectivity index (χ2n) is 5.97. The molecule has 2 aliphatic rings. The molecule has 0 bridgehead atoms. The van der Waals surface area contributed by atoms with Crippen LogP contribution in [0.1, 0.15) is 50.3 Å². The summed E-state index contributed by atoms with van der Waals surface area (Å²) >= 11 is 1.38. The van der Waals surface area contributed by atoms with Gasteiger partial charge in [-0.3, -0.25) is 0 Å². The highest BCUT2D eigenvalue weighted by Crippen LogP contribution is 2.36. The van der Waals surface area contributed by atoms with Gasteiger partial charge in [0.25, 0.3) is 10.0 Å².